The lowest BCUT2D eigenvalue weighted by atomic mass is 9.87. The third kappa shape index (κ3) is 10.6. The molecule has 2 fully saturated rings. The number of aliphatic carboxylic acids is 1. The number of aliphatic hydroxyl groups excluding tert-OH is 1. The predicted molar refractivity (Wildman–Crippen MR) is 142 cm³/mol. The molecule has 0 aliphatic carbocycles. The largest absolute Gasteiger partial charge is 0.481 e. The van der Waals surface area contributed by atoms with E-state index in [-0.39, 0.29) is 5.41 Å². The summed E-state index contributed by atoms with van der Waals surface area (Å²) in [5, 5.41) is 22.1. The minimum absolute atomic E-state index is 0.0971. The number of carboxylic acid groups (broad SMARTS) is 1. The maximum atomic E-state index is 11.2. The molecule has 0 aromatic rings. The summed E-state index contributed by atoms with van der Waals surface area (Å²) >= 11 is 4.51. The Morgan fingerprint density at radius 2 is 1.12 bits per heavy atom. The first-order valence-corrected chi connectivity index (χ1v) is 15.1. The minimum Gasteiger partial charge on any atom is -0.481 e. The molecule has 0 spiro atoms. The van der Waals surface area contributed by atoms with Crippen LogP contribution in [-0.4, -0.2) is 43.8 Å². The van der Waals surface area contributed by atoms with Crippen LogP contribution in [0.3, 0.4) is 0 Å². The van der Waals surface area contributed by atoms with Crippen LogP contribution in [0.2, 0.25) is 0 Å². The normalized spacial score (nSPS) is 26.7. The molecule has 0 saturated carbocycles. The summed E-state index contributed by atoms with van der Waals surface area (Å²) < 4.78 is 0. The van der Waals surface area contributed by atoms with Gasteiger partial charge in [-0.15, -0.1) is 0 Å². The number of hydrogen-bond acceptors (Lipinski definition) is 4. The molecule has 2 N–H and O–H groups in total. The van der Waals surface area contributed by atoms with E-state index in [4.69, 9.17) is 0 Å². The molecule has 0 radical (unpaired) electrons. The fourth-order valence-corrected chi connectivity index (χ4v) is 8.47. The van der Waals surface area contributed by atoms with Crippen molar-refractivity contribution in [3.8, 4) is 0 Å². The maximum Gasteiger partial charge on any atom is 0.309 e. The van der Waals surface area contributed by atoms with Crippen molar-refractivity contribution in [2.75, 3.05) is 6.61 Å². The third-order valence-electron chi connectivity index (χ3n) is 7.66. The van der Waals surface area contributed by atoms with Gasteiger partial charge in [-0.3, -0.25) is 4.79 Å². The van der Waals surface area contributed by atoms with Crippen molar-refractivity contribution in [3.63, 3.8) is 0 Å². The number of thioether (sulfide) groups is 2. The summed E-state index contributed by atoms with van der Waals surface area (Å²) in [5.74, 6) is -0.665. The average molecular weight is 487 g/mol. The molecule has 4 unspecified atom stereocenters. The highest BCUT2D eigenvalue weighted by Crippen LogP contribution is 2.42. The molecular weight excluding hydrogens is 436 g/mol. The zero-order valence-electron chi connectivity index (χ0n) is 21.2. The van der Waals surface area contributed by atoms with Gasteiger partial charge >= 0.3 is 5.97 Å². The third-order valence-corrected chi connectivity index (χ3v) is 11.1. The van der Waals surface area contributed by atoms with Crippen LogP contribution in [0.5, 0.6) is 0 Å². The van der Waals surface area contributed by atoms with E-state index < -0.39 is 11.4 Å². The summed E-state index contributed by atoms with van der Waals surface area (Å²) in [4.78, 5) is 11.2. The second-order valence-corrected chi connectivity index (χ2v) is 15.1. The van der Waals surface area contributed by atoms with Crippen molar-refractivity contribution < 1.29 is 15.0 Å². The molecule has 0 bridgehead atoms. The van der Waals surface area contributed by atoms with E-state index in [9.17, 15) is 15.0 Å². The second-order valence-electron chi connectivity index (χ2n) is 11.8. The molecule has 188 valence electrons. The van der Waals surface area contributed by atoms with Gasteiger partial charge in [0.15, 0.2) is 0 Å². The summed E-state index contributed by atoms with van der Waals surface area (Å²) in [6.45, 7) is 8.34. The highest BCUT2D eigenvalue weighted by molar-refractivity contribution is 8.01. The summed E-state index contributed by atoms with van der Waals surface area (Å²) in [6, 6.07) is 0. The Morgan fingerprint density at radius 1 is 0.719 bits per heavy atom. The number of hydrogen-bond donors (Lipinski definition) is 2. The van der Waals surface area contributed by atoms with Gasteiger partial charge in [-0.05, 0) is 83.5 Å². The maximum absolute atomic E-state index is 11.2. The molecule has 32 heavy (non-hydrogen) atoms. The second kappa shape index (κ2) is 13.9. The highest BCUT2D eigenvalue weighted by Gasteiger charge is 2.29. The Morgan fingerprint density at radius 3 is 1.53 bits per heavy atom. The molecule has 2 saturated heterocycles. The summed E-state index contributed by atoms with van der Waals surface area (Å²) in [5.41, 5.74) is -0.473. The van der Waals surface area contributed by atoms with Crippen LogP contribution in [0.1, 0.15) is 124 Å². The van der Waals surface area contributed by atoms with Gasteiger partial charge in [-0.1, -0.05) is 46.0 Å². The lowest BCUT2D eigenvalue weighted by Gasteiger charge is -2.21. The van der Waals surface area contributed by atoms with E-state index in [1.54, 1.807) is 0 Å². The monoisotopic (exact) mass is 486 g/mol. The molecule has 3 nitrogen and oxygen atoms in total. The number of carbonyl (C=O) groups is 1. The van der Waals surface area contributed by atoms with Gasteiger partial charge < -0.3 is 10.2 Å². The minimum atomic E-state index is -0.665. The van der Waals surface area contributed by atoms with E-state index in [0.29, 0.717) is 6.61 Å². The molecule has 4 atom stereocenters. The van der Waals surface area contributed by atoms with Crippen LogP contribution < -0.4 is 0 Å². The molecule has 0 aromatic carbocycles. The predicted octanol–water partition coefficient (Wildman–Crippen LogP) is 7.94. The van der Waals surface area contributed by atoms with Crippen molar-refractivity contribution in [3.05, 3.63) is 0 Å². The van der Waals surface area contributed by atoms with Gasteiger partial charge in [-0.25, -0.2) is 0 Å². The van der Waals surface area contributed by atoms with Gasteiger partial charge in [0, 0.05) is 27.6 Å². The Hall–Kier alpha value is 0.130. The van der Waals surface area contributed by atoms with Gasteiger partial charge in [-0.2, -0.15) is 23.5 Å². The van der Waals surface area contributed by atoms with Crippen LogP contribution in [0.15, 0.2) is 0 Å². The van der Waals surface area contributed by atoms with Crippen molar-refractivity contribution in [1.82, 2.24) is 0 Å². The molecule has 2 aliphatic heterocycles. The van der Waals surface area contributed by atoms with E-state index in [0.717, 1.165) is 40.3 Å². The highest BCUT2D eigenvalue weighted by atomic mass is 32.2. The zero-order valence-corrected chi connectivity index (χ0v) is 22.9. The lowest BCUT2D eigenvalue weighted by molar-refractivity contribution is -0.147. The van der Waals surface area contributed by atoms with Crippen LogP contribution >= 0.6 is 23.5 Å². The number of aliphatic hydroxyl groups is 1. The fourth-order valence-electron chi connectivity index (χ4n) is 5.08. The molecule has 2 heterocycles. The Labute approximate surface area is 206 Å². The summed E-state index contributed by atoms with van der Waals surface area (Å²) in [6.07, 6.45) is 19.2. The number of rotatable bonds is 16. The van der Waals surface area contributed by atoms with Gasteiger partial charge in [0.2, 0.25) is 0 Å². The van der Waals surface area contributed by atoms with Crippen molar-refractivity contribution in [2.45, 2.75) is 145 Å². The summed E-state index contributed by atoms with van der Waals surface area (Å²) in [7, 11) is 0. The van der Waals surface area contributed by atoms with E-state index in [2.05, 4.69) is 37.4 Å². The standard InChI is InChI=1S/C27H50O3S2/c1-26(2,20-28)18-7-5-10-21-14-16-23(31-21)12-9-13-24-17-15-22(32-24)11-6-8-19-27(3,4)25(29)30/h21-24,28H,5-20H2,1-4H3,(H,29,30). The van der Waals surface area contributed by atoms with E-state index in [1.165, 1.54) is 77.0 Å². The molecule has 5 heteroatoms. The van der Waals surface area contributed by atoms with Crippen LogP contribution in [-0.2, 0) is 4.79 Å². The Kier molecular flexibility index (Phi) is 12.3. The van der Waals surface area contributed by atoms with Gasteiger partial charge in [0.05, 0.1) is 5.41 Å². The van der Waals surface area contributed by atoms with E-state index in [1.807, 2.05) is 13.8 Å². The molecule has 0 amide bonds. The zero-order chi connectivity index (χ0) is 23.6. The quantitative estimate of drug-likeness (QED) is 0.217. The van der Waals surface area contributed by atoms with Crippen LogP contribution in [0.25, 0.3) is 0 Å². The van der Waals surface area contributed by atoms with Crippen molar-refractivity contribution in [1.29, 1.82) is 0 Å². The number of carboxylic acids is 1. The van der Waals surface area contributed by atoms with Crippen molar-refractivity contribution >= 4 is 29.5 Å². The Bertz CT molecular complexity index is 549. The smallest absolute Gasteiger partial charge is 0.309 e. The first-order valence-electron chi connectivity index (χ1n) is 13.3. The molecule has 2 rings (SSSR count). The Balaban J connectivity index is 1.48. The van der Waals surface area contributed by atoms with Gasteiger partial charge in [0.1, 0.15) is 0 Å². The topological polar surface area (TPSA) is 57.5 Å². The first kappa shape index (κ1) is 28.4. The van der Waals surface area contributed by atoms with Crippen LogP contribution in [0, 0.1) is 10.8 Å². The van der Waals surface area contributed by atoms with Crippen molar-refractivity contribution in [2.24, 2.45) is 10.8 Å². The lowest BCUT2D eigenvalue weighted by Crippen LogP contribution is -2.23. The van der Waals surface area contributed by atoms with Gasteiger partial charge in [0.25, 0.3) is 0 Å². The first-order chi connectivity index (χ1) is 15.1. The van der Waals surface area contributed by atoms with E-state index >= 15 is 0 Å². The number of unbranched alkanes of at least 4 members (excludes halogenated alkanes) is 2. The van der Waals surface area contributed by atoms with Crippen LogP contribution in [0.4, 0.5) is 0 Å². The average Bonchev–Trinajstić information content (AvgIpc) is 3.38. The molecular formula is C27H50O3S2. The fraction of sp³-hybridized carbons (Fsp3) is 0.963. The SMILES string of the molecule is CC(C)(CO)CCCCC1CCC(CCCC2CCC(CCCCC(C)(C)C(=O)O)S2)S1. The molecule has 0 aromatic heterocycles. The molecule has 2 aliphatic rings.